The average Bonchev–Trinajstić information content (AvgIpc) is 2.42. The summed E-state index contributed by atoms with van der Waals surface area (Å²) in [5.41, 5.74) is 1.04. The average molecular weight is 341 g/mol. The molecule has 0 fully saturated rings. The van der Waals surface area contributed by atoms with Gasteiger partial charge in [0.2, 0.25) is 0 Å². The molecule has 1 atom stereocenters. The molecule has 0 bridgehead atoms. The summed E-state index contributed by atoms with van der Waals surface area (Å²) in [6.45, 7) is 3.82. The number of aliphatic carboxylic acids is 1. The number of halogens is 1. The minimum absolute atomic E-state index is 0.247. The molecule has 0 radical (unpaired) electrons. The van der Waals surface area contributed by atoms with Gasteiger partial charge in [-0.25, -0.2) is 9.59 Å². The Morgan fingerprint density at radius 1 is 1.30 bits per heavy atom. The van der Waals surface area contributed by atoms with E-state index in [4.69, 9.17) is 5.11 Å². The molecule has 1 unspecified atom stereocenters. The lowest BCUT2D eigenvalue weighted by Gasteiger charge is -2.15. The van der Waals surface area contributed by atoms with Crippen LogP contribution in [0.5, 0.6) is 0 Å². The van der Waals surface area contributed by atoms with Crippen molar-refractivity contribution in [1.29, 1.82) is 0 Å². The zero-order valence-electron chi connectivity index (χ0n) is 10.9. The molecule has 0 heterocycles. The van der Waals surface area contributed by atoms with E-state index in [1.807, 2.05) is 30.3 Å². The first-order valence-corrected chi connectivity index (χ1v) is 6.92. The van der Waals surface area contributed by atoms with Crippen LogP contribution in [0.25, 0.3) is 0 Å². The normalized spacial score (nSPS) is 11.4. The Hall–Kier alpha value is -1.82. The highest BCUT2D eigenvalue weighted by atomic mass is 79.9. The third-order valence-electron chi connectivity index (χ3n) is 2.61. The summed E-state index contributed by atoms with van der Waals surface area (Å²) >= 11 is 3.11. The van der Waals surface area contributed by atoms with Gasteiger partial charge in [-0.3, -0.25) is 0 Å². The fraction of sp³-hybridized carbons (Fsp3) is 0.286. The molecule has 3 N–H and O–H groups in total. The molecule has 1 rings (SSSR count). The predicted octanol–water partition coefficient (Wildman–Crippen LogP) is 2.28. The van der Waals surface area contributed by atoms with Crippen molar-refractivity contribution < 1.29 is 14.7 Å². The van der Waals surface area contributed by atoms with Gasteiger partial charge in [-0.15, -0.1) is 0 Å². The highest BCUT2D eigenvalue weighted by Crippen LogP contribution is 2.05. The Bertz CT molecular complexity index is 477. The molecule has 0 aliphatic carbocycles. The van der Waals surface area contributed by atoms with Gasteiger partial charge in [-0.05, 0) is 18.4 Å². The molecule has 0 aliphatic heterocycles. The van der Waals surface area contributed by atoms with E-state index in [-0.39, 0.29) is 6.54 Å². The first-order valence-electron chi connectivity index (χ1n) is 6.13. The molecule has 0 spiro atoms. The number of urea groups is 1. The van der Waals surface area contributed by atoms with E-state index in [1.54, 1.807) is 0 Å². The predicted molar refractivity (Wildman–Crippen MR) is 80.8 cm³/mol. The van der Waals surface area contributed by atoms with Crippen molar-refractivity contribution in [1.82, 2.24) is 10.6 Å². The van der Waals surface area contributed by atoms with Crippen molar-refractivity contribution in [2.75, 3.05) is 6.54 Å². The number of amides is 2. The summed E-state index contributed by atoms with van der Waals surface area (Å²) in [5, 5.41) is 14.0. The van der Waals surface area contributed by atoms with E-state index >= 15 is 0 Å². The van der Waals surface area contributed by atoms with Crippen molar-refractivity contribution in [2.45, 2.75) is 18.9 Å². The highest BCUT2D eigenvalue weighted by Gasteiger charge is 2.19. The number of nitrogens with one attached hydrogen (secondary N) is 2. The topological polar surface area (TPSA) is 78.4 Å². The molecule has 0 saturated carbocycles. The standard InChI is InChI=1S/C14H17BrN2O3/c1-10(15)9-16-14(20)17-12(13(18)19)8-7-11-5-3-2-4-6-11/h2-6,12H,1,7-9H2,(H,18,19)(H2,16,17,20). The van der Waals surface area contributed by atoms with E-state index in [9.17, 15) is 9.59 Å². The molecule has 0 aromatic heterocycles. The molecule has 2 amide bonds. The molecule has 5 nitrogen and oxygen atoms in total. The van der Waals surface area contributed by atoms with Crippen molar-refractivity contribution in [3.8, 4) is 0 Å². The number of rotatable bonds is 7. The van der Waals surface area contributed by atoms with Gasteiger partial charge < -0.3 is 15.7 Å². The number of hydrogen-bond acceptors (Lipinski definition) is 2. The molecule has 108 valence electrons. The third-order valence-corrected chi connectivity index (χ3v) is 2.89. The first-order chi connectivity index (χ1) is 9.49. The van der Waals surface area contributed by atoms with Gasteiger partial charge in [0, 0.05) is 4.48 Å². The zero-order chi connectivity index (χ0) is 15.0. The van der Waals surface area contributed by atoms with E-state index < -0.39 is 18.0 Å². The van der Waals surface area contributed by atoms with E-state index in [0.29, 0.717) is 17.3 Å². The number of aryl methyl sites for hydroxylation is 1. The molecule has 1 aromatic carbocycles. The SMILES string of the molecule is C=C(Br)CNC(=O)NC(CCc1ccccc1)C(=O)O. The summed E-state index contributed by atoms with van der Waals surface area (Å²) in [4.78, 5) is 22.7. The summed E-state index contributed by atoms with van der Waals surface area (Å²) in [7, 11) is 0. The lowest BCUT2D eigenvalue weighted by Crippen LogP contribution is -2.46. The molecular weight excluding hydrogens is 324 g/mol. The maximum absolute atomic E-state index is 11.5. The van der Waals surface area contributed by atoms with Crippen molar-refractivity contribution in [3.63, 3.8) is 0 Å². The van der Waals surface area contributed by atoms with Crippen LogP contribution >= 0.6 is 15.9 Å². The fourth-order valence-electron chi connectivity index (χ4n) is 1.60. The van der Waals surface area contributed by atoms with Gasteiger partial charge in [0.05, 0.1) is 6.54 Å². The van der Waals surface area contributed by atoms with Crippen LogP contribution in [0.15, 0.2) is 41.4 Å². The lowest BCUT2D eigenvalue weighted by molar-refractivity contribution is -0.139. The lowest BCUT2D eigenvalue weighted by atomic mass is 10.1. The van der Waals surface area contributed by atoms with Crippen molar-refractivity contribution >= 4 is 27.9 Å². The van der Waals surface area contributed by atoms with Crippen LogP contribution < -0.4 is 10.6 Å². The largest absolute Gasteiger partial charge is 0.480 e. The Balaban J connectivity index is 2.46. The second-order valence-corrected chi connectivity index (χ2v) is 5.38. The van der Waals surface area contributed by atoms with Crippen LogP contribution in [-0.2, 0) is 11.2 Å². The van der Waals surface area contributed by atoms with Crippen molar-refractivity contribution in [2.24, 2.45) is 0 Å². The maximum atomic E-state index is 11.5. The van der Waals surface area contributed by atoms with Crippen LogP contribution in [0.2, 0.25) is 0 Å². The zero-order valence-corrected chi connectivity index (χ0v) is 12.5. The Morgan fingerprint density at radius 3 is 2.50 bits per heavy atom. The summed E-state index contributed by atoms with van der Waals surface area (Å²) in [5.74, 6) is -1.05. The van der Waals surface area contributed by atoms with E-state index in [1.165, 1.54) is 0 Å². The quantitative estimate of drug-likeness (QED) is 0.712. The van der Waals surface area contributed by atoms with Gasteiger partial charge in [0.1, 0.15) is 6.04 Å². The van der Waals surface area contributed by atoms with E-state index in [0.717, 1.165) is 5.56 Å². The third kappa shape index (κ3) is 6.38. The second-order valence-electron chi connectivity index (χ2n) is 4.26. The second kappa shape index (κ2) is 8.37. The Morgan fingerprint density at radius 2 is 1.95 bits per heavy atom. The Kier molecular flexibility index (Phi) is 6.79. The Labute approximate surface area is 126 Å². The minimum Gasteiger partial charge on any atom is -0.480 e. The van der Waals surface area contributed by atoms with Crippen LogP contribution in [0.1, 0.15) is 12.0 Å². The van der Waals surface area contributed by atoms with Crippen LogP contribution in [0.3, 0.4) is 0 Å². The highest BCUT2D eigenvalue weighted by molar-refractivity contribution is 9.11. The van der Waals surface area contributed by atoms with Crippen LogP contribution in [0, 0.1) is 0 Å². The summed E-state index contributed by atoms with van der Waals surface area (Å²) in [6.07, 6.45) is 0.922. The monoisotopic (exact) mass is 340 g/mol. The van der Waals surface area contributed by atoms with Gasteiger partial charge in [0.25, 0.3) is 0 Å². The van der Waals surface area contributed by atoms with Gasteiger partial charge in [-0.2, -0.15) is 0 Å². The number of benzene rings is 1. The fourth-order valence-corrected chi connectivity index (χ4v) is 1.74. The molecule has 1 aromatic rings. The number of hydrogen-bond donors (Lipinski definition) is 3. The summed E-state index contributed by atoms with van der Waals surface area (Å²) < 4.78 is 0.615. The number of carbonyl (C=O) groups excluding carboxylic acids is 1. The maximum Gasteiger partial charge on any atom is 0.326 e. The smallest absolute Gasteiger partial charge is 0.326 e. The van der Waals surface area contributed by atoms with Gasteiger partial charge in [0.15, 0.2) is 0 Å². The summed E-state index contributed by atoms with van der Waals surface area (Å²) in [6, 6.07) is 8.10. The van der Waals surface area contributed by atoms with Crippen LogP contribution in [0.4, 0.5) is 4.79 Å². The minimum atomic E-state index is -1.05. The number of carboxylic acids is 1. The molecule has 20 heavy (non-hydrogen) atoms. The van der Waals surface area contributed by atoms with Gasteiger partial charge in [-0.1, -0.05) is 52.8 Å². The van der Waals surface area contributed by atoms with Crippen molar-refractivity contribution in [3.05, 3.63) is 47.0 Å². The molecule has 6 heteroatoms. The number of carboxylic acid groups (broad SMARTS) is 1. The van der Waals surface area contributed by atoms with E-state index in [2.05, 4.69) is 33.1 Å². The molecule has 0 aliphatic rings. The number of carbonyl (C=O) groups is 2. The van der Waals surface area contributed by atoms with Crippen LogP contribution in [-0.4, -0.2) is 29.7 Å². The van der Waals surface area contributed by atoms with Gasteiger partial charge >= 0.3 is 12.0 Å². The first kappa shape index (κ1) is 16.2. The molecule has 0 saturated heterocycles. The molecular formula is C14H17BrN2O3.